The van der Waals surface area contributed by atoms with Gasteiger partial charge in [0.05, 0.1) is 12.4 Å². The predicted molar refractivity (Wildman–Crippen MR) is 105 cm³/mol. The van der Waals surface area contributed by atoms with Crippen LogP contribution in [0.3, 0.4) is 0 Å². The molecule has 1 fully saturated rings. The van der Waals surface area contributed by atoms with E-state index in [1.165, 1.54) is 35.5 Å². The van der Waals surface area contributed by atoms with Crippen LogP contribution in [0.2, 0.25) is 0 Å². The van der Waals surface area contributed by atoms with Gasteiger partial charge in [-0.05, 0) is 35.6 Å². The summed E-state index contributed by atoms with van der Waals surface area (Å²) in [5, 5.41) is 6.80. The van der Waals surface area contributed by atoms with Crippen molar-refractivity contribution in [2.75, 3.05) is 11.4 Å². The fourth-order valence-corrected chi connectivity index (χ4v) is 3.99. The Bertz CT molecular complexity index is 1050. The molecule has 5 rings (SSSR count). The lowest BCUT2D eigenvalue weighted by Gasteiger charge is -2.26. The summed E-state index contributed by atoms with van der Waals surface area (Å²) in [6.45, 7) is 1.00. The first-order chi connectivity index (χ1) is 13.4. The van der Waals surface area contributed by atoms with E-state index in [4.69, 9.17) is 4.98 Å². The summed E-state index contributed by atoms with van der Waals surface area (Å²) in [6.07, 6.45) is 10.1. The van der Waals surface area contributed by atoms with E-state index in [2.05, 4.69) is 62.4 Å². The van der Waals surface area contributed by atoms with Crippen molar-refractivity contribution in [2.24, 2.45) is 0 Å². The van der Waals surface area contributed by atoms with Crippen LogP contribution in [0.5, 0.6) is 0 Å². The normalized spacial score (nSPS) is 16.9. The van der Waals surface area contributed by atoms with Crippen LogP contribution in [0, 0.1) is 0 Å². The number of anilines is 1. The number of nitrogens with zero attached hydrogens (tertiary/aromatic N) is 6. The molecule has 0 N–H and O–H groups in total. The number of benzene rings is 2. The van der Waals surface area contributed by atoms with Crippen molar-refractivity contribution in [3.63, 3.8) is 0 Å². The van der Waals surface area contributed by atoms with Gasteiger partial charge in [0.1, 0.15) is 18.5 Å². The molecule has 0 bridgehead atoms. The van der Waals surface area contributed by atoms with Crippen molar-refractivity contribution in [2.45, 2.75) is 25.3 Å². The molecule has 0 spiro atoms. The van der Waals surface area contributed by atoms with E-state index < -0.39 is 0 Å². The van der Waals surface area contributed by atoms with E-state index in [0.717, 1.165) is 18.8 Å². The number of fused-ring (bicyclic) bond motifs is 1. The number of hydrogen-bond donors (Lipinski definition) is 0. The first-order valence-corrected chi connectivity index (χ1v) is 9.29. The third kappa shape index (κ3) is 3.03. The van der Waals surface area contributed by atoms with Crippen molar-refractivity contribution in [1.82, 2.24) is 24.7 Å². The SMILES string of the molecule is c1ccc2c(CC3CCCN3c3cncc(-n4cncn4)n3)cccc2c1. The number of rotatable bonds is 4. The summed E-state index contributed by atoms with van der Waals surface area (Å²) in [7, 11) is 0. The Morgan fingerprint density at radius 2 is 1.85 bits per heavy atom. The Morgan fingerprint density at radius 3 is 2.78 bits per heavy atom. The van der Waals surface area contributed by atoms with Gasteiger partial charge in [-0.15, -0.1) is 0 Å². The fourth-order valence-electron chi connectivity index (χ4n) is 3.99. The van der Waals surface area contributed by atoms with Crippen molar-refractivity contribution in [3.8, 4) is 5.82 Å². The van der Waals surface area contributed by atoms with Crippen LogP contribution in [0.1, 0.15) is 18.4 Å². The van der Waals surface area contributed by atoms with E-state index in [1.807, 2.05) is 6.20 Å². The van der Waals surface area contributed by atoms with Gasteiger partial charge in [0.15, 0.2) is 5.82 Å². The Morgan fingerprint density at radius 1 is 0.963 bits per heavy atom. The van der Waals surface area contributed by atoms with E-state index in [-0.39, 0.29) is 0 Å². The summed E-state index contributed by atoms with van der Waals surface area (Å²) in [5.41, 5.74) is 1.39. The third-order valence-electron chi connectivity index (χ3n) is 5.27. The van der Waals surface area contributed by atoms with Gasteiger partial charge in [0.2, 0.25) is 0 Å². The molecule has 1 aliphatic heterocycles. The minimum absolute atomic E-state index is 0.427. The summed E-state index contributed by atoms with van der Waals surface area (Å²) in [6, 6.07) is 15.6. The third-order valence-corrected chi connectivity index (χ3v) is 5.27. The molecular weight excluding hydrogens is 336 g/mol. The molecule has 2 aromatic heterocycles. The minimum atomic E-state index is 0.427. The number of aromatic nitrogens is 5. The molecule has 4 aromatic rings. The average molecular weight is 356 g/mol. The van der Waals surface area contributed by atoms with E-state index in [9.17, 15) is 0 Å². The maximum atomic E-state index is 4.78. The van der Waals surface area contributed by atoms with Crippen LogP contribution in [0.4, 0.5) is 5.82 Å². The lowest BCUT2D eigenvalue weighted by molar-refractivity contribution is 0.657. The standard InChI is InChI=1S/C21H20N6/c1-2-9-19-16(5-1)6-3-7-17(19)11-18-8-4-10-26(18)20-12-22-13-21(25-20)27-15-23-14-24-27/h1-3,5-7,9,12-15,18H,4,8,10-11H2. The fraction of sp³-hybridized carbons (Fsp3) is 0.238. The quantitative estimate of drug-likeness (QED) is 0.561. The molecule has 1 atom stereocenters. The monoisotopic (exact) mass is 356 g/mol. The molecule has 2 aromatic carbocycles. The van der Waals surface area contributed by atoms with Crippen LogP contribution in [-0.4, -0.2) is 37.3 Å². The van der Waals surface area contributed by atoms with Gasteiger partial charge in [-0.2, -0.15) is 5.10 Å². The van der Waals surface area contributed by atoms with Crippen LogP contribution < -0.4 is 4.90 Å². The van der Waals surface area contributed by atoms with E-state index in [0.29, 0.717) is 11.9 Å². The summed E-state index contributed by atoms with van der Waals surface area (Å²) in [4.78, 5) is 15.5. The van der Waals surface area contributed by atoms with Gasteiger partial charge in [-0.3, -0.25) is 4.98 Å². The van der Waals surface area contributed by atoms with Crippen LogP contribution in [0.25, 0.3) is 16.6 Å². The molecule has 6 nitrogen and oxygen atoms in total. The molecule has 0 radical (unpaired) electrons. The predicted octanol–water partition coefficient (Wildman–Crippen LogP) is 3.42. The zero-order chi connectivity index (χ0) is 18.1. The van der Waals surface area contributed by atoms with Crippen LogP contribution in [0.15, 0.2) is 67.5 Å². The highest BCUT2D eigenvalue weighted by atomic mass is 15.4. The smallest absolute Gasteiger partial charge is 0.175 e. The van der Waals surface area contributed by atoms with Gasteiger partial charge >= 0.3 is 0 Å². The largest absolute Gasteiger partial charge is 0.352 e. The molecule has 27 heavy (non-hydrogen) atoms. The molecule has 1 aliphatic rings. The topological polar surface area (TPSA) is 59.7 Å². The Kier molecular flexibility index (Phi) is 4.01. The molecule has 6 heteroatoms. The van der Waals surface area contributed by atoms with Gasteiger partial charge in [-0.25, -0.2) is 14.6 Å². The molecular formula is C21H20N6. The summed E-state index contributed by atoms with van der Waals surface area (Å²) < 4.78 is 1.65. The van der Waals surface area contributed by atoms with Crippen molar-refractivity contribution in [1.29, 1.82) is 0 Å². The van der Waals surface area contributed by atoms with Crippen molar-refractivity contribution < 1.29 is 0 Å². The van der Waals surface area contributed by atoms with Crippen molar-refractivity contribution >= 4 is 16.6 Å². The van der Waals surface area contributed by atoms with Crippen LogP contribution in [-0.2, 0) is 6.42 Å². The second kappa shape index (κ2) is 6.79. The molecule has 3 heterocycles. The van der Waals surface area contributed by atoms with Gasteiger partial charge in [0.25, 0.3) is 0 Å². The van der Waals surface area contributed by atoms with Gasteiger partial charge in [0, 0.05) is 12.6 Å². The lowest BCUT2D eigenvalue weighted by Crippen LogP contribution is -2.32. The second-order valence-corrected chi connectivity index (χ2v) is 6.91. The highest BCUT2D eigenvalue weighted by Crippen LogP contribution is 2.28. The zero-order valence-electron chi connectivity index (χ0n) is 14.9. The molecule has 0 amide bonds. The van der Waals surface area contributed by atoms with E-state index >= 15 is 0 Å². The summed E-state index contributed by atoms with van der Waals surface area (Å²) in [5.74, 6) is 1.60. The molecule has 1 unspecified atom stereocenters. The Balaban J connectivity index is 1.45. The first kappa shape index (κ1) is 15.9. The maximum absolute atomic E-state index is 4.78. The zero-order valence-corrected chi connectivity index (χ0v) is 14.9. The Labute approximate surface area is 157 Å². The van der Waals surface area contributed by atoms with E-state index in [1.54, 1.807) is 17.2 Å². The van der Waals surface area contributed by atoms with Crippen molar-refractivity contribution in [3.05, 3.63) is 73.1 Å². The molecule has 0 saturated carbocycles. The Hall–Kier alpha value is -3.28. The summed E-state index contributed by atoms with van der Waals surface area (Å²) >= 11 is 0. The highest BCUT2D eigenvalue weighted by Gasteiger charge is 2.27. The van der Waals surface area contributed by atoms with Gasteiger partial charge < -0.3 is 4.90 Å². The second-order valence-electron chi connectivity index (χ2n) is 6.91. The average Bonchev–Trinajstić information content (AvgIpc) is 3.41. The van der Waals surface area contributed by atoms with Crippen LogP contribution >= 0.6 is 0 Å². The highest BCUT2D eigenvalue weighted by molar-refractivity contribution is 5.85. The lowest BCUT2D eigenvalue weighted by atomic mass is 9.98. The van der Waals surface area contributed by atoms with Gasteiger partial charge in [-0.1, -0.05) is 42.5 Å². The number of hydrogen-bond acceptors (Lipinski definition) is 5. The molecule has 134 valence electrons. The molecule has 0 aliphatic carbocycles. The minimum Gasteiger partial charge on any atom is -0.352 e. The molecule has 1 saturated heterocycles. The first-order valence-electron chi connectivity index (χ1n) is 9.29. The maximum Gasteiger partial charge on any atom is 0.175 e.